The van der Waals surface area contributed by atoms with E-state index in [2.05, 4.69) is 19.2 Å². The largest absolute Gasteiger partial charge is 0.329 e. The maximum Gasteiger partial charge on any atom is 0.128 e. The molecule has 1 aromatic carbocycles. The van der Waals surface area contributed by atoms with E-state index < -0.39 is 0 Å². The Hall–Kier alpha value is -0.930. The van der Waals surface area contributed by atoms with Crippen LogP contribution in [-0.2, 0) is 0 Å². The smallest absolute Gasteiger partial charge is 0.128 e. The average molecular weight is 252 g/mol. The first-order chi connectivity index (χ1) is 8.62. The first kappa shape index (κ1) is 15.1. The fourth-order valence-electron chi connectivity index (χ4n) is 2.14. The molecule has 1 aromatic rings. The number of benzene rings is 1. The predicted octanol–water partition coefficient (Wildman–Crippen LogP) is 3.16. The summed E-state index contributed by atoms with van der Waals surface area (Å²) in [4.78, 5) is 0. The van der Waals surface area contributed by atoms with Gasteiger partial charge < -0.3 is 11.1 Å². The van der Waals surface area contributed by atoms with Crippen LogP contribution < -0.4 is 11.1 Å². The zero-order chi connectivity index (χ0) is 13.5. The van der Waals surface area contributed by atoms with E-state index >= 15 is 0 Å². The molecule has 0 fully saturated rings. The molecule has 0 aliphatic carbocycles. The summed E-state index contributed by atoms with van der Waals surface area (Å²) in [6.45, 7) is 7.64. The van der Waals surface area contributed by atoms with Gasteiger partial charge in [-0.3, -0.25) is 0 Å². The van der Waals surface area contributed by atoms with Crippen LogP contribution in [0.4, 0.5) is 4.39 Å². The van der Waals surface area contributed by atoms with Crippen molar-refractivity contribution in [3.63, 3.8) is 0 Å². The molecule has 3 heteroatoms. The van der Waals surface area contributed by atoms with Crippen molar-refractivity contribution in [3.8, 4) is 0 Å². The van der Waals surface area contributed by atoms with Crippen molar-refractivity contribution in [1.29, 1.82) is 0 Å². The van der Waals surface area contributed by atoms with Crippen molar-refractivity contribution >= 4 is 0 Å². The molecule has 0 saturated carbocycles. The monoisotopic (exact) mass is 252 g/mol. The number of hydrogen-bond donors (Lipinski definition) is 2. The molecule has 0 bridgehead atoms. The minimum atomic E-state index is -0.173. The number of rotatable bonds is 7. The maximum atomic E-state index is 13.8. The van der Waals surface area contributed by atoms with Gasteiger partial charge in [0.15, 0.2) is 0 Å². The van der Waals surface area contributed by atoms with Crippen LogP contribution in [0.2, 0.25) is 0 Å². The Bertz CT molecular complexity index is 362. The number of nitrogens with two attached hydrogens (primary N) is 1. The van der Waals surface area contributed by atoms with Crippen LogP contribution in [0.25, 0.3) is 0 Å². The fraction of sp³-hybridized carbons (Fsp3) is 0.600. The van der Waals surface area contributed by atoms with E-state index in [1.807, 2.05) is 13.0 Å². The highest BCUT2D eigenvalue weighted by molar-refractivity contribution is 5.27. The van der Waals surface area contributed by atoms with Crippen molar-refractivity contribution in [3.05, 3.63) is 35.1 Å². The number of halogens is 1. The lowest BCUT2D eigenvalue weighted by Crippen LogP contribution is -2.32. The molecule has 0 saturated heterocycles. The molecule has 0 aliphatic heterocycles. The molecular formula is C15H25FN2. The van der Waals surface area contributed by atoms with Gasteiger partial charge in [-0.25, -0.2) is 4.39 Å². The Kier molecular flexibility index (Phi) is 6.30. The molecule has 102 valence electrons. The summed E-state index contributed by atoms with van der Waals surface area (Å²) in [5.41, 5.74) is 7.51. The lowest BCUT2D eigenvalue weighted by molar-refractivity contribution is 0.407. The molecule has 1 rings (SSSR count). The molecule has 0 aliphatic rings. The second-order valence-electron chi connectivity index (χ2n) is 4.90. The Morgan fingerprint density at radius 1 is 1.28 bits per heavy atom. The number of hydrogen-bond acceptors (Lipinski definition) is 2. The second kappa shape index (κ2) is 7.49. The van der Waals surface area contributed by atoms with Crippen LogP contribution in [-0.4, -0.2) is 13.1 Å². The normalized spacial score (nSPS) is 13.0. The van der Waals surface area contributed by atoms with Crippen LogP contribution in [0.1, 0.15) is 43.9 Å². The predicted molar refractivity (Wildman–Crippen MR) is 75.0 cm³/mol. The van der Waals surface area contributed by atoms with E-state index in [1.54, 1.807) is 6.07 Å². The molecule has 18 heavy (non-hydrogen) atoms. The third-order valence-electron chi connectivity index (χ3n) is 3.57. The van der Waals surface area contributed by atoms with Gasteiger partial charge in [-0.2, -0.15) is 0 Å². The minimum absolute atomic E-state index is 0.0921. The summed E-state index contributed by atoms with van der Waals surface area (Å²) in [6, 6.07) is 5.09. The Labute approximate surface area is 110 Å². The molecule has 1 atom stereocenters. The van der Waals surface area contributed by atoms with E-state index in [4.69, 9.17) is 5.73 Å². The third kappa shape index (κ3) is 4.07. The number of nitrogens with one attached hydrogen (secondary N) is 1. The van der Waals surface area contributed by atoms with Gasteiger partial charge >= 0.3 is 0 Å². The SMILES string of the molecule is CCC(CC)CNC(CN)c1cc(C)ccc1F. The summed E-state index contributed by atoms with van der Waals surface area (Å²) in [5.74, 6) is 0.458. The van der Waals surface area contributed by atoms with Crippen molar-refractivity contribution in [2.24, 2.45) is 11.7 Å². The van der Waals surface area contributed by atoms with E-state index in [0.717, 1.165) is 24.9 Å². The molecule has 0 heterocycles. The standard InChI is InChI=1S/C15H25FN2/c1-4-12(5-2)10-18-15(9-17)13-8-11(3)6-7-14(13)16/h6-8,12,15,18H,4-5,9-10,17H2,1-3H3. The van der Waals surface area contributed by atoms with Crippen LogP contribution in [0, 0.1) is 18.7 Å². The molecular weight excluding hydrogens is 227 g/mol. The van der Waals surface area contributed by atoms with Gasteiger partial charge in [0, 0.05) is 18.2 Å². The van der Waals surface area contributed by atoms with Gasteiger partial charge in [-0.15, -0.1) is 0 Å². The van der Waals surface area contributed by atoms with E-state index in [9.17, 15) is 4.39 Å². The summed E-state index contributed by atoms with van der Waals surface area (Å²) < 4.78 is 13.8. The zero-order valence-corrected chi connectivity index (χ0v) is 11.7. The number of aryl methyl sites for hydroxylation is 1. The third-order valence-corrected chi connectivity index (χ3v) is 3.57. The van der Waals surface area contributed by atoms with Crippen LogP contribution in [0.5, 0.6) is 0 Å². The molecule has 1 unspecified atom stereocenters. The Balaban J connectivity index is 2.73. The first-order valence-electron chi connectivity index (χ1n) is 6.81. The zero-order valence-electron chi connectivity index (χ0n) is 11.7. The molecule has 3 N–H and O–H groups in total. The first-order valence-corrected chi connectivity index (χ1v) is 6.81. The topological polar surface area (TPSA) is 38.0 Å². The van der Waals surface area contributed by atoms with Crippen molar-refractivity contribution < 1.29 is 4.39 Å². The van der Waals surface area contributed by atoms with E-state index in [1.165, 1.54) is 6.07 Å². The molecule has 2 nitrogen and oxygen atoms in total. The quantitative estimate of drug-likeness (QED) is 0.782. The van der Waals surface area contributed by atoms with Crippen molar-refractivity contribution in [1.82, 2.24) is 5.32 Å². The average Bonchev–Trinajstić information content (AvgIpc) is 2.38. The van der Waals surface area contributed by atoms with Crippen LogP contribution in [0.15, 0.2) is 18.2 Å². The van der Waals surface area contributed by atoms with Gasteiger partial charge in [0.25, 0.3) is 0 Å². The second-order valence-corrected chi connectivity index (χ2v) is 4.90. The lowest BCUT2D eigenvalue weighted by atomic mass is 10.0. The molecule has 0 radical (unpaired) electrons. The van der Waals surface area contributed by atoms with Crippen molar-refractivity contribution in [2.45, 2.75) is 39.7 Å². The van der Waals surface area contributed by atoms with Crippen molar-refractivity contribution in [2.75, 3.05) is 13.1 Å². The van der Waals surface area contributed by atoms with Gasteiger partial charge in [0.1, 0.15) is 5.82 Å². The van der Waals surface area contributed by atoms with Crippen LogP contribution in [0.3, 0.4) is 0 Å². The lowest BCUT2D eigenvalue weighted by Gasteiger charge is -2.21. The Morgan fingerprint density at radius 3 is 2.50 bits per heavy atom. The van der Waals surface area contributed by atoms with E-state index in [0.29, 0.717) is 18.0 Å². The van der Waals surface area contributed by atoms with E-state index in [-0.39, 0.29) is 11.9 Å². The highest BCUT2D eigenvalue weighted by Gasteiger charge is 2.15. The molecule has 0 aromatic heterocycles. The summed E-state index contributed by atoms with van der Waals surface area (Å²) in [5, 5.41) is 3.39. The summed E-state index contributed by atoms with van der Waals surface area (Å²) in [6.07, 6.45) is 2.27. The summed E-state index contributed by atoms with van der Waals surface area (Å²) >= 11 is 0. The van der Waals surface area contributed by atoms with Gasteiger partial charge in [0.2, 0.25) is 0 Å². The van der Waals surface area contributed by atoms with Crippen LogP contribution >= 0.6 is 0 Å². The van der Waals surface area contributed by atoms with Gasteiger partial charge in [0.05, 0.1) is 0 Å². The Morgan fingerprint density at radius 2 is 1.94 bits per heavy atom. The fourth-order valence-corrected chi connectivity index (χ4v) is 2.14. The van der Waals surface area contributed by atoms with Gasteiger partial charge in [-0.05, 0) is 25.5 Å². The highest BCUT2D eigenvalue weighted by atomic mass is 19.1. The highest BCUT2D eigenvalue weighted by Crippen LogP contribution is 2.18. The summed E-state index contributed by atoms with van der Waals surface area (Å²) in [7, 11) is 0. The maximum absolute atomic E-state index is 13.8. The van der Waals surface area contributed by atoms with Gasteiger partial charge in [-0.1, -0.05) is 44.4 Å². The molecule has 0 amide bonds. The molecule has 0 spiro atoms. The minimum Gasteiger partial charge on any atom is -0.329 e.